The fraction of sp³-hybridized carbons (Fsp3) is 0.500. The number of aromatic nitrogens is 3. The molecule has 1 saturated carbocycles. The van der Waals surface area contributed by atoms with E-state index in [1.165, 1.54) is 22.1 Å². The molecular formula is C18H25N5O3S2. The van der Waals surface area contributed by atoms with E-state index in [0.29, 0.717) is 24.8 Å². The standard InChI is InChI=1S/C18H25N5O3S2/c1-4-22(5-2)28(25,26)16-8-6-7-14(11-16)19-17(24)12-27-18-21-20-13(3)23(18)15-9-10-15/h6-8,11,15H,4-5,9-10,12H2,1-3H3,(H,19,24). The molecular weight excluding hydrogens is 398 g/mol. The van der Waals surface area contributed by atoms with Crippen LogP contribution in [0.15, 0.2) is 34.3 Å². The summed E-state index contributed by atoms with van der Waals surface area (Å²) in [7, 11) is -3.56. The van der Waals surface area contributed by atoms with Gasteiger partial charge in [-0.1, -0.05) is 31.7 Å². The van der Waals surface area contributed by atoms with Crippen molar-refractivity contribution in [2.45, 2.75) is 49.7 Å². The van der Waals surface area contributed by atoms with Gasteiger partial charge in [-0.05, 0) is 38.0 Å². The van der Waals surface area contributed by atoms with Gasteiger partial charge in [-0.2, -0.15) is 4.31 Å². The molecule has 1 fully saturated rings. The molecule has 0 spiro atoms. The van der Waals surface area contributed by atoms with Gasteiger partial charge in [0, 0.05) is 24.8 Å². The molecule has 28 heavy (non-hydrogen) atoms. The minimum absolute atomic E-state index is 0.172. The van der Waals surface area contributed by atoms with Gasteiger partial charge < -0.3 is 9.88 Å². The topological polar surface area (TPSA) is 97.2 Å². The van der Waals surface area contributed by atoms with Crippen LogP contribution in [-0.2, 0) is 14.8 Å². The summed E-state index contributed by atoms with van der Waals surface area (Å²) in [6.45, 7) is 6.30. The number of anilines is 1. The molecule has 3 rings (SSSR count). The monoisotopic (exact) mass is 423 g/mol. The highest BCUT2D eigenvalue weighted by Gasteiger charge is 2.28. The first-order valence-corrected chi connectivity index (χ1v) is 11.7. The summed E-state index contributed by atoms with van der Waals surface area (Å²) in [6, 6.07) is 6.79. The van der Waals surface area contributed by atoms with Gasteiger partial charge in [0.05, 0.1) is 10.6 Å². The van der Waals surface area contributed by atoms with Crippen molar-refractivity contribution >= 4 is 33.4 Å². The van der Waals surface area contributed by atoms with Crippen LogP contribution in [0, 0.1) is 6.92 Å². The number of carbonyl (C=O) groups is 1. The van der Waals surface area contributed by atoms with Crippen molar-refractivity contribution in [2.75, 3.05) is 24.2 Å². The number of nitrogens with zero attached hydrogens (tertiary/aromatic N) is 4. The van der Waals surface area contributed by atoms with Gasteiger partial charge in [-0.3, -0.25) is 4.79 Å². The van der Waals surface area contributed by atoms with E-state index in [0.717, 1.165) is 23.8 Å². The Kier molecular flexibility index (Phi) is 6.41. The summed E-state index contributed by atoms with van der Waals surface area (Å²) in [5.41, 5.74) is 0.457. The maximum Gasteiger partial charge on any atom is 0.243 e. The van der Waals surface area contributed by atoms with Gasteiger partial charge in [-0.15, -0.1) is 10.2 Å². The van der Waals surface area contributed by atoms with E-state index < -0.39 is 10.0 Å². The molecule has 0 bridgehead atoms. The van der Waals surface area contributed by atoms with Gasteiger partial charge in [-0.25, -0.2) is 8.42 Å². The van der Waals surface area contributed by atoms with Crippen LogP contribution in [-0.4, -0.2) is 52.2 Å². The molecule has 1 aliphatic carbocycles. The summed E-state index contributed by atoms with van der Waals surface area (Å²) >= 11 is 1.34. The molecule has 1 amide bonds. The first-order valence-electron chi connectivity index (χ1n) is 9.31. The van der Waals surface area contributed by atoms with Gasteiger partial charge in [0.15, 0.2) is 5.16 Å². The zero-order chi connectivity index (χ0) is 20.3. The molecule has 0 aliphatic heterocycles. The van der Waals surface area contributed by atoms with Crippen molar-refractivity contribution in [2.24, 2.45) is 0 Å². The van der Waals surface area contributed by atoms with Gasteiger partial charge in [0.1, 0.15) is 5.82 Å². The number of thioether (sulfide) groups is 1. The minimum Gasteiger partial charge on any atom is -0.325 e. The second-order valence-electron chi connectivity index (χ2n) is 6.58. The maximum atomic E-state index is 12.6. The Labute approximate surface area is 169 Å². The van der Waals surface area contributed by atoms with Crippen molar-refractivity contribution in [1.29, 1.82) is 0 Å². The number of rotatable bonds is 9. The predicted molar refractivity (Wildman–Crippen MR) is 109 cm³/mol. The Morgan fingerprint density at radius 2 is 2.00 bits per heavy atom. The fourth-order valence-electron chi connectivity index (χ4n) is 2.98. The number of hydrogen-bond acceptors (Lipinski definition) is 6. The third-order valence-corrected chi connectivity index (χ3v) is 7.53. The number of aryl methyl sites for hydroxylation is 1. The Hall–Kier alpha value is -1.91. The van der Waals surface area contributed by atoms with E-state index in [-0.39, 0.29) is 16.6 Å². The van der Waals surface area contributed by atoms with Crippen LogP contribution in [0.2, 0.25) is 0 Å². The Morgan fingerprint density at radius 3 is 2.64 bits per heavy atom. The molecule has 1 aromatic carbocycles. The van der Waals surface area contributed by atoms with E-state index in [9.17, 15) is 13.2 Å². The number of sulfonamides is 1. The summed E-state index contributed by atoms with van der Waals surface area (Å²) in [5, 5.41) is 11.8. The third kappa shape index (κ3) is 4.56. The van der Waals surface area contributed by atoms with Crippen LogP contribution in [0.25, 0.3) is 0 Å². The predicted octanol–water partition coefficient (Wildman–Crippen LogP) is 2.68. The van der Waals surface area contributed by atoms with Crippen LogP contribution in [0.5, 0.6) is 0 Å². The van der Waals surface area contributed by atoms with Crippen molar-refractivity contribution < 1.29 is 13.2 Å². The quantitative estimate of drug-likeness (QED) is 0.623. The van der Waals surface area contributed by atoms with Crippen LogP contribution < -0.4 is 5.32 Å². The first-order chi connectivity index (χ1) is 13.4. The van der Waals surface area contributed by atoms with E-state index in [1.807, 2.05) is 6.92 Å². The molecule has 1 heterocycles. The smallest absolute Gasteiger partial charge is 0.243 e. The molecule has 10 heteroatoms. The highest BCUT2D eigenvalue weighted by molar-refractivity contribution is 7.99. The lowest BCUT2D eigenvalue weighted by atomic mass is 10.3. The summed E-state index contributed by atoms with van der Waals surface area (Å²) < 4.78 is 28.8. The molecule has 2 aromatic rings. The van der Waals surface area contributed by atoms with Crippen molar-refractivity contribution in [3.8, 4) is 0 Å². The molecule has 152 valence electrons. The van der Waals surface area contributed by atoms with E-state index in [2.05, 4.69) is 20.1 Å². The van der Waals surface area contributed by atoms with Gasteiger partial charge >= 0.3 is 0 Å². The van der Waals surface area contributed by atoms with Crippen molar-refractivity contribution in [1.82, 2.24) is 19.1 Å². The molecule has 1 N–H and O–H groups in total. The SMILES string of the molecule is CCN(CC)S(=O)(=O)c1cccc(NC(=O)CSc2nnc(C)n2C2CC2)c1. The van der Waals surface area contributed by atoms with Crippen molar-refractivity contribution in [3.63, 3.8) is 0 Å². The summed E-state index contributed by atoms with van der Waals surface area (Å²) in [6.07, 6.45) is 2.24. The molecule has 0 saturated heterocycles. The Bertz CT molecular complexity index is 950. The lowest BCUT2D eigenvalue weighted by Gasteiger charge is -2.18. The number of nitrogens with one attached hydrogen (secondary N) is 1. The molecule has 1 aliphatic rings. The van der Waals surface area contributed by atoms with Crippen LogP contribution in [0.3, 0.4) is 0 Å². The van der Waals surface area contributed by atoms with Gasteiger partial charge in [0.2, 0.25) is 15.9 Å². The summed E-state index contributed by atoms with van der Waals surface area (Å²) in [5.74, 6) is 0.822. The zero-order valence-corrected chi connectivity index (χ0v) is 17.9. The largest absolute Gasteiger partial charge is 0.325 e. The summed E-state index contributed by atoms with van der Waals surface area (Å²) in [4.78, 5) is 12.5. The average Bonchev–Trinajstić information content (AvgIpc) is 3.43. The first kappa shape index (κ1) is 20.8. The molecule has 8 nitrogen and oxygen atoms in total. The normalized spacial score (nSPS) is 14.4. The second-order valence-corrected chi connectivity index (χ2v) is 9.47. The maximum absolute atomic E-state index is 12.6. The second kappa shape index (κ2) is 8.62. The highest BCUT2D eigenvalue weighted by Crippen LogP contribution is 2.38. The molecule has 0 radical (unpaired) electrons. The Balaban J connectivity index is 1.65. The fourth-order valence-corrected chi connectivity index (χ4v) is 5.33. The van der Waals surface area contributed by atoms with Gasteiger partial charge in [0.25, 0.3) is 0 Å². The number of amides is 1. The Morgan fingerprint density at radius 1 is 1.29 bits per heavy atom. The molecule has 0 atom stereocenters. The number of carbonyl (C=O) groups excluding carboxylic acids is 1. The van der Waals surface area contributed by atoms with Crippen LogP contribution in [0.1, 0.15) is 38.6 Å². The van der Waals surface area contributed by atoms with E-state index >= 15 is 0 Å². The zero-order valence-electron chi connectivity index (χ0n) is 16.3. The van der Waals surface area contributed by atoms with Crippen LogP contribution in [0.4, 0.5) is 5.69 Å². The third-order valence-electron chi connectivity index (χ3n) is 4.54. The average molecular weight is 424 g/mol. The number of hydrogen-bond donors (Lipinski definition) is 1. The lowest BCUT2D eigenvalue weighted by Crippen LogP contribution is -2.30. The number of benzene rings is 1. The van der Waals surface area contributed by atoms with Crippen LogP contribution >= 0.6 is 11.8 Å². The lowest BCUT2D eigenvalue weighted by molar-refractivity contribution is -0.113. The highest BCUT2D eigenvalue weighted by atomic mass is 32.2. The van der Waals surface area contributed by atoms with E-state index in [4.69, 9.17) is 0 Å². The molecule has 0 unspecified atom stereocenters. The van der Waals surface area contributed by atoms with Crippen molar-refractivity contribution in [3.05, 3.63) is 30.1 Å². The van der Waals surface area contributed by atoms with E-state index in [1.54, 1.807) is 32.0 Å². The molecule has 1 aromatic heterocycles. The minimum atomic E-state index is -3.56.